The minimum Gasteiger partial charge on any atom is -0.491 e. The summed E-state index contributed by atoms with van der Waals surface area (Å²) < 4.78 is 11.0. The van der Waals surface area contributed by atoms with Crippen LogP contribution in [0.15, 0.2) is 39.8 Å². The Labute approximate surface area is 190 Å². The van der Waals surface area contributed by atoms with Crippen LogP contribution in [0.3, 0.4) is 0 Å². The van der Waals surface area contributed by atoms with E-state index in [1.165, 1.54) is 0 Å². The summed E-state index contributed by atoms with van der Waals surface area (Å²) in [5, 5.41) is 20.9. The zero-order chi connectivity index (χ0) is 20.5. The first kappa shape index (κ1) is 25.2. The van der Waals surface area contributed by atoms with E-state index in [1.807, 2.05) is 51.1 Å². The fourth-order valence-corrected chi connectivity index (χ4v) is 2.55. The summed E-state index contributed by atoms with van der Waals surface area (Å²) >= 11 is 0. The number of ether oxygens (including phenoxy) is 1. The Morgan fingerprint density at radius 1 is 1.21 bits per heavy atom. The van der Waals surface area contributed by atoms with Crippen molar-refractivity contribution in [1.29, 1.82) is 0 Å². The van der Waals surface area contributed by atoms with Gasteiger partial charge in [-0.1, -0.05) is 31.1 Å². The van der Waals surface area contributed by atoms with E-state index in [0.717, 1.165) is 17.0 Å². The molecule has 162 valence electrons. The molecule has 7 nitrogen and oxygen atoms in total. The molecule has 8 heteroatoms. The summed E-state index contributed by atoms with van der Waals surface area (Å²) in [7, 11) is 0. The van der Waals surface area contributed by atoms with Crippen molar-refractivity contribution in [3.63, 3.8) is 0 Å². The number of hydrogen-bond donors (Lipinski definition) is 3. The smallest absolute Gasteiger partial charge is 0.191 e. The molecule has 1 atom stereocenters. The number of aliphatic hydroxyl groups is 1. The number of guanidine groups is 1. The van der Waals surface area contributed by atoms with E-state index in [4.69, 9.17) is 9.26 Å². The van der Waals surface area contributed by atoms with Crippen LogP contribution in [0.5, 0.6) is 5.75 Å². The Bertz CT molecular complexity index is 762. The summed E-state index contributed by atoms with van der Waals surface area (Å²) in [5.41, 5.74) is 1.71. The van der Waals surface area contributed by atoms with Gasteiger partial charge in [0.05, 0.1) is 17.9 Å². The molecule has 2 rings (SSSR count). The highest BCUT2D eigenvalue weighted by Crippen LogP contribution is 2.20. The molecule has 1 aromatic carbocycles. The fraction of sp³-hybridized carbons (Fsp3) is 0.524. The van der Waals surface area contributed by atoms with Gasteiger partial charge in [0.2, 0.25) is 0 Å². The molecule has 0 aliphatic rings. The summed E-state index contributed by atoms with van der Waals surface area (Å²) in [4.78, 5) is 4.50. The molecular weight excluding hydrogens is 483 g/mol. The van der Waals surface area contributed by atoms with Crippen molar-refractivity contribution in [2.75, 3.05) is 13.1 Å². The molecule has 0 saturated heterocycles. The van der Waals surface area contributed by atoms with Crippen LogP contribution >= 0.6 is 24.0 Å². The zero-order valence-corrected chi connectivity index (χ0v) is 20.1. The molecule has 0 spiro atoms. The lowest BCUT2D eigenvalue weighted by Crippen LogP contribution is -2.39. The Balaban J connectivity index is 0.00000420. The Hall–Kier alpha value is -1.81. The zero-order valence-electron chi connectivity index (χ0n) is 17.8. The first-order valence-electron chi connectivity index (χ1n) is 9.81. The van der Waals surface area contributed by atoms with Gasteiger partial charge < -0.3 is 25.0 Å². The van der Waals surface area contributed by atoms with Crippen LogP contribution in [0.4, 0.5) is 0 Å². The second kappa shape index (κ2) is 12.7. The molecule has 3 N–H and O–H groups in total. The van der Waals surface area contributed by atoms with E-state index in [1.54, 1.807) is 0 Å². The maximum absolute atomic E-state index is 10.5. The van der Waals surface area contributed by atoms with Gasteiger partial charge in [-0.3, -0.25) is 0 Å². The predicted octanol–water partition coefficient (Wildman–Crippen LogP) is 3.99. The van der Waals surface area contributed by atoms with E-state index in [0.29, 0.717) is 37.3 Å². The molecule has 2 aromatic rings. The number of aliphatic hydroxyl groups excluding tert-OH is 1. The second-order valence-electron chi connectivity index (χ2n) is 7.20. The minimum absolute atomic E-state index is 0. The van der Waals surface area contributed by atoms with Crippen molar-refractivity contribution >= 4 is 29.9 Å². The number of hydrogen-bond acceptors (Lipinski definition) is 5. The molecule has 1 heterocycles. The van der Waals surface area contributed by atoms with E-state index < -0.39 is 6.10 Å². The highest BCUT2D eigenvalue weighted by atomic mass is 127. The molecule has 0 saturated carbocycles. The molecule has 1 unspecified atom stereocenters. The molecule has 29 heavy (non-hydrogen) atoms. The maximum Gasteiger partial charge on any atom is 0.191 e. The molecule has 0 bridgehead atoms. The van der Waals surface area contributed by atoms with Gasteiger partial charge in [-0.15, -0.1) is 24.0 Å². The highest BCUT2D eigenvalue weighted by Gasteiger charge is 2.11. The summed E-state index contributed by atoms with van der Waals surface area (Å²) in [6.07, 6.45) is -0.595. The summed E-state index contributed by atoms with van der Waals surface area (Å²) in [5.74, 6) is 2.38. The van der Waals surface area contributed by atoms with Crippen molar-refractivity contribution in [3.05, 3.63) is 47.3 Å². The molecular formula is C21H33IN4O3. The first-order valence-corrected chi connectivity index (χ1v) is 9.81. The van der Waals surface area contributed by atoms with Gasteiger partial charge in [-0.05, 0) is 44.4 Å². The van der Waals surface area contributed by atoms with Crippen LogP contribution < -0.4 is 15.4 Å². The van der Waals surface area contributed by atoms with Crippen LogP contribution in [0.25, 0.3) is 0 Å². The highest BCUT2D eigenvalue weighted by molar-refractivity contribution is 14.0. The molecule has 0 amide bonds. The number of aliphatic imine (C=N–C) groups is 1. The average molecular weight is 516 g/mol. The third-order valence-corrected chi connectivity index (χ3v) is 3.98. The van der Waals surface area contributed by atoms with Gasteiger partial charge in [0.25, 0.3) is 0 Å². The van der Waals surface area contributed by atoms with Gasteiger partial charge in [0.1, 0.15) is 12.3 Å². The van der Waals surface area contributed by atoms with Crippen LogP contribution in [0.2, 0.25) is 0 Å². The lowest BCUT2D eigenvalue weighted by molar-refractivity contribution is 0.179. The average Bonchev–Trinajstić information content (AvgIpc) is 3.13. The van der Waals surface area contributed by atoms with Crippen LogP contribution in [-0.4, -0.2) is 35.4 Å². The quantitative estimate of drug-likeness (QED) is 0.265. The van der Waals surface area contributed by atoms with Gasteiger partial charge >= 0.3 is 0 Å². The molecule has 0 aliphatic carbocycles. The molecule has 0 radical (unpaired) electrons. The number of rotatable bonds is 9. The summed E-state index contributed by atoms with van der Waals surface area (Å²) in [6, 6.07) is 9.43. The second-order valence-corrected chi connectivity index (χ2v) is 7.20. The maximum atomic E-state index is 10.5. The van der Waals surface area contributed by atoms with Gasteiger partial charge in [0.15, 0.2) is 11.7 Å². The summed E-state index contributed by atoms with van der Waals surface area (Å²) in [6.45, 7) is 11.5. The largest absolute Gasteiger partial charge is 0.491 e. The Kier molecular flexibility index (Phi) is 11.0. The Morgan fingerprint density at radius 2 is 1.97 bits per heavy atom. The van der Waals surface area contributed by atoms with Crippen LogP contribution in [0, 0.1) is 0 Å². The third kappa shape index (κ3) is 8.61. The SMILES string of the molecule is CCNC(=NCc1cc(C(C)C)no1)NCC(O)c1cccc(OC(C)C)c1.I. The number of aromatic nitrogens is 1. The third-order valence-electron chi connectivity index (χ3n) is 3.98. The molecule has 1 aromatic heterocycles. The van der Waals surface area contributed by atoms with Gasteiger partial charge in [0, 0.05) is 19.2 Å². The monoisotopic (exact) mass is 516 g/mol. The van der Waals surface area contributed by atoms with Crippen LogP contribution in [0.1, 0.15) is 63.7 Å². The van der Waals surface area contributed by atoms with Crippen molar-refractivity contribution in [2.24, 2.45) is 4.99 Å². The number of benzene rings is 1. The lowest BCUT2D eigenvalue weighted by Gasteiger charge is -2.17. The molecule has 0 fully saturated rings. The number of nitrogens with one attached hydrogen (secondary N) is 2. The van der Waals surface area contributed by atoms with Gasteiger partial charge in [-0.2, -0.15) is 0 Å². The van der Waals surface area contributed by atoms with Crippen molar-refractivity contribution < 1.29 is 14.4 Å². The normalized spacial score (nSPS) is 12.6. The number of nitrogens with zero attached hydrogens (tertiary/aromatic N) is 2. The van der Waals surface area contributed by atoms with E-state index >= 15 is 0 Å². The van der Waals surface area contributed by atoms with Crippen molar-refractivity contribution in [1.82, 2.24) is 15.8 Å². The predicted molar refractivity (Wildman–Crippen MR) is 126 cm³/mol. The van der Waals surface area contributed by atoms with E-state index in [9.17, 15) is 5.11 Å². The van der Waals surface area contributed by atoms with Crippen molar-refractivity contribution in [2.45, 2.75) is 59.3 Å². The van der Waals surface area contributed by atoms with E-state index in [2.05, 4.69) is 34.6 Å². The van der Waals surface area contributed by atoms with E-state index in [-0.39, 0.29) is 30.1 Å². The topological polar surface area (TPSA) is 91.9 Å². The van der Waals surface area contributed by atoms with Crippen LogP contribution in [-0.2, 0) is 6.54 Å². The first-order chi connectivity index (χ1) is 13.4. The molecule has 0 aliphatic heterocycles. The fourth-order valence-electron chi connectivity index (χ4n) is 2.55. The Morgan fingerprint density at radius 3 is 2.59 bits per heavy atom. The number of halogens is 1. The lowest BCUT2D eigenvalue weighted by atomic mass is 10.1. The van der Waals surface area contributed by atoms with Crippen molar-refractivity contribution in [3.8, 4) is 5.75 Å². The standard InChI is InChI=1S/C21H32N4O3.HI/c1-6-22-21(23-12-18-11-19(14(2)3)25-28-18)24-13-20(26)16-8-7-9-17(10-16)27-15(4)5;/h7-11,14-15,20,26H,6,12-13H2,1-5H3,(H2,22,23,24);1H. The van der Waals surface area contributed by atoms with Gasteiger partial charge in [-0.25, -0.2) is 4.99 Å². The minimum atomic E-state index is -0.683.